The lowest BCUT2D eigenvalue weighted by Gasteiger charge is -2.20. The SMILES string of the molecule is CC1(C)NC(=O)N(CCN2CC(O)C(O)C2)C1=O. The summed E-state index contributed by atoms with van der Waals surface area (Å²) in [6, 6.07) is -0.384. The fraction of sp³-hybridized carbons (Fsp3) is 0.818. The number of rotatable bonds is 3. The van der Waals surface area contributed by atoms with Crippen molar-refractivity contribution in [3.63, 3.8) is 0 Å². The molecule has 2 saturated heterocycles. The number of likely N-dealkylation sites (tertiary alicyclic amines) is 1. The first kappa shape index (κ1) is 13.3. The molecular formula is C11H19N3O4. The van der Waals surface area contributed by atoms with Gasteiger partial charge in [-0.25, -0.2) is 4.79 Å². The van der Waals surface area contributed by atoms with Gasteiger partial charge in [-0.3, -0.25) is 14.6 Å². The molecule has 2 heterocycles. The Labute approximate surface area is 105 Å². The molecule has 0 aliphatic carbocycles. The number of carbonyl (C=O) groups is 2. The molecule has 0 aromatic rings. The Morgan fingerprint density at radius 3 is 2.22 bits per heavy atom. The van der Waals surface area contributed by atoms with E-state index in [1.54, 1.807) is 13.8 Å². The predicted molar refractivity (Wildman–Crippen MR) is 62.8 cm³/mol. The number of hydrogen-bond donors (Lipinski definition) is 3. The predicted octanol–water partition coefficient (Wildman–Crippen LogP) is -1.65. The molecule has 0 radical (unpaired) electrons. The highest BCUT2D eigenvalue weighted by Gasteiger charge is 2.44. The zero-order valence-corrected chi connectivity index (χ0v) is 10.6. The van der Waals surface area contributed by atoms with Crippen LogP contribution in [0.15, 0.2) is 0 Å². The average molecular weight is 257 g/mol. The Hall–Kier alpha value is -1.18. The van der Waals surface area contributed by atoms with Crippen molar-refractivity contribution in [1.82, 2.24) is 15.1 Å². The van der Waals surface area contributed by atoms with Crippen LogP contribution in [0.1, 0.15) is 13.8 Å². The smallest absolute Gasteiger partial charge is 0.325 e. The summed E-state index contributed by atoms with van der Waals surface area (Å²) in [5.74, 6) is -0.243. The van der Waals surface area contributed by atoms with Crippen LogP contribution < -0.4 is 5.32 Å². The van der Waals surface area contributed by atoms with Gasteiger partial charge < -0.3 is 15.5 Å². The van der Waals surface area contributed by atoms with E-state index in [-0.39, 0.29) is 18.5 Å². The molecule has 18 heavy (non-hydrogen) atoms. The van der Waals surface area contributed by atoms with Crippen LogP contribution in [0.5, 0.6) is 0 Å². The summed E-state index contributed by atoms with van der Waals surface area (Å²) < 4.78 is 0. The molecule has 7 heteroatoms. The lowest BCUT2D eigenvalue weighted by molar-refractivity contribution is -0.130. The number of aliphatic hydroxyl groups excluding tert-OH is 2. The average Bonchev–Trinajstić information content (AvgIpc) is 2.66. The summed E-state index contributed by atoms with van der Waals surface area (Å²) in [5, 5.41) is 21.4. The molecule has 2 atom stereocenters. The van der Waals surface area contributed by atoms with E-state index in [9.17, 15) is 19.8 Å². The minimum atomic E-state index is -0.846. The lowest BCUT2D eigenvalue weighted by Crippen LogP contribution is -2.41. The lowest BCUT2D eigenvalue weighted by atomic mass is 10.1. The minimum absolute atomic E-state index is 0.243. The Kier molecular flexibility index (Phi) is 3.31. The molecule has 2 aliphatic heterocycles. The third-order valence-electron chi connectivity index (χ3n) is 3.42. The van der Waals surface area contributed by atoms with Crippen LogP contribution in [0.4, 0.5) is 4.79 Å². The van der Waals surface area contributed by atoms with Gasteiger partial charge in [0, 0.05) is 26.2 Å². The highest BCUT2D eigenvalue weighted by Crippen LogP contribution is 2.17. The summed E-state index contributed by atoms with van der Waals surface area (Å²) in [6.07, 6.45) is -1.49. The number of nitrogens with one attached hydrogen (secondary N) is 1. The summed E-state index contributed by atoms with van der Waals surface area (Å²) in [6.45, 7) is 4.80. The van der Waals surface area contributed by atoms with Crippen molar-refractivity contribution in [2.24, 2.45) is 0 Å². The van der Waals surface area contributed by atoms with E-state index in [0.717, 1.165) is 0 Å². The van der Waals surface area contributed by atoms with Crippen molar-refractivity contribution < 1.29 is 19.8 Å². The topological polar surface area (TPSA) is 93.1 Å². The molecule has 0 spiro atoms. The maximum absolute atomic E-state index is 11.9. The van der Waals surface area contributed by atoms with Crippen molar-refractivity contribution in [3.8, 4) is 0 Å². The summed E-state index contributed by atoms with van der Waals surface area (Å²) in [7, 11) is 0. The maximum atomic E-state index is 11.9. The summed E-state index contributed by atoms with van der Waals surface area (Å²) >= 11 is 0. The van der Waals surface area contributed by atoms with Crippen LogP contribution in [0, 0.1) is 0 Å². The molecule has 0 aromatic heterocycles. The summed E-state index contributed by atoms with van der Waals surface area (Å²) in [4.78, 5) is 26.5. The molecule has 2 unspecified atom stereocenters. The monoisotopic (exact) mass is 257 g/mol. The largest absolute Gasteiger partial charge is 0.389 e. The first-order chi connectivity index (χ1) is 8.31. The highest BCUT2D eigenvalue weighted by atomic mass is 16.3. The van der Waals surface area contributed by atoms with Crippen LogP contribution in [-0.2, 0) is 4.79 Å². The first-order valence-electron chi connectivity index (χ1n) is 6.04. The van der Waals surface area contributed by atoms with E-state index < -0.39 is 17.7 Å². The number of hydrogen-bond acceptors (Lipinski definition) is 5. The van der Waals surface area contributed by atoms with Crippen LogP contribution in [0.2, 0.25) is 0 Å². The molecule has 3 N–H and O–H groups in total. The minimum Gasteiger partial charge on any atom is -0.389 e. The van der Waals surface area contributed by atoms with E-state index in [1.165, 1.54) is 4.90 Å². The number of aliphatic hydroxyl groups is 2. The molecule has 7 nitrogen and oxygen atoms in total. The number of carbonyl (C=O) groups excluding carboxylic acids is 2. The van der Waals surface area contributed by atoms with Crippen molar-refractivity contribution in [2.45, 2.75) is 31.6 Å². The molecule has 2 aliphatic rings. The second kappa shape index (κ2) is 4.49. The summed E-state index contributed by atoms with van der Waals surface area (Å²) in [5.41, 5.74) is -0.846. The van der Waals surface area contributed by atoms with Gasteiger partial charge in [0.05, 0.1) is 12.2 Å². The Balaban J connectivity index is 1.88. The van der Waals surface area contributed by atoms with Gasteiger partial charge in [0.15, 0.2) is 0 Å². The van der Waals surface area contributed by atoms with Crippen molar-refractivity contribution in [2.75, 3.05) is 26.2 Å². The number of amides is 3. The first-order valence-corrected chi connectivity index (χ1v) is 6.04. The van der Waals surface area contributed by atoms with E-state index in [4.69, 9.17) is 0 Å². The molecule has 0 saturated carbocycles. The van der Waals surface area contributed by atoms with Gasteiger partial charge in [-0.15, -0.1) is 0 Å². The maximum Gasteiger partial charge on any atom is 0.325 e. The number of urea groups is 1. The van der Waals surface area contributed by atoms with Crippen LogP contribution in [0.25, 0.3) is 0 Å². The second-order valence-electron chi connectivity index (χ2n) is 5.41. The van der Waals surface area contributed by atoms with Crippen molar-refractivity contribution in [3.05, 3.63) is 0 Å². The third kappa shape index (κ3) is 2.33. The van der Waals surface area contributed by atoms with E-state index >= 15 is 0 Å². The Morgan fingerprint density at radius 1 is 1.22 bits per heavy atom. The standard InChI is InChI=1S/C11H19N3O4/c1-11(2)9(17)14(10(18)12-11)4-3-13-5-7(15)8(16)6-13/h7-8,15-16H,3-6H2,1-2H3,(H,12,18). The fourth-order valence-corrected chi connectivity index (χ4v) is 2.29. The molecular weight excluding hydrogens is 238 g/mol. The van der Waals surface area contributed by atoms with Gasteiger partial charge in [-0.05, 0) is 13.8 Å². The third-order valence-corrected chi connectivity index (χ3v) is 3.42. The Bertz CT molecular complexity index is 361. The quantitative estimate of drug-likeness (QED) is 0.527. The van der Waals surface area contributed by atoms with E-state index in [1.807, 2.05) is 4.90 Å². The molecule has 102 valence electrons. The zero-order valence-electron chi connectivity index (χ0n) is 10.6. The van der Waals surface area contributed by atoms with Gasteiger partial charge in [-0.2, -0.15) is 0 Å². The normalized spacial score (nSPS) is 32.1. The molecule has 2 rings (SSSR count). The van der Waals surface area contributed by atoms with Gasteiger partial charge in [0.1, 0.15) is 5.54 Å². The van der Waals surface area contributed by atoms with Crippen molar-refractivity contribution in [1.29, 1.82) is 0 Å². The van der Waals surface area contributed by atoms with Crippen LogP contribution >= 0.6 is 0 Å². The molecule has 3 amide bonds. The van der Waals surface area contributed by atoms with Gasteiger partial charge in [0.25, 0.3) is 5.91 Å². The number of imide groups is 1. The van der Waals surface area contributed by atoms with Crippen molar-refractivity contribution >= 4 is 11.9 Å². The number of nitrogens with zero attached hydrogens (tertiary/aromatic N) is 2. The van der Waals surface area contributed by atoms with Crippen LogP contribution in [0.3, 0.4) is 0 Å². The van der Waals surface area contributed by atoms with Crippen LogP contribution in [-0.4, -0.2) is 75.9 Å². The van der Waals surface area contributed by atoms with Gasteiger partial charge in [0.2, 0.25) is 0 Å². The van der Waals surface area contributed by atoms with E-state index in [0.29, 0.717) is 19.6 Å². The van der Waals surface area contributed by atoms with Gasteiger partial charge >= 0.3 is 6.03 Å². The zero-order chi connectivity index (χ0) is 13.5. The Morgan fingerprint density at radius 2 is 1.78 bits per heavy atom. The van der Waals surface area contributed by atoms with E-state index in [2.05, 4.69) is 5.32 Å². The molecule has 0 bridgehead atoms. The second-order valence-corrected chi connectivity index (χ2v) is 5.41. The fourth-order valence-electron chi connectivity index (χ4n) is 2.29. The highest BCUT2D eigenvalue weighted by molar-refractivity contribution is 6.06. The van der Waals surface area contributed by atoms with Gasteiger partial charge in [-0.1, -0.05) is 0 Å². The molecule has 0 aromatic carbocycles. The molecule has 2 fully saturated rings. The number of β-amino-alcohol motifs (C(OH)–C–C–N with tert-alkyl or cyclic N) is 2.